The Kier molecular flexibility index (Phi) is 5.78. The second-order valence-corrected chi connectivity index (χ2v) is 6.03. The lowest BCUT2D eigenvalue weighted by Gasteiger charge is -2.15. The number of carbonyl (C=O) groups is 3. The Labute approximate surface area is 141 Å². The number of nitrogens with one attached hydrogen (secondary N) is 2. The summed E-state index contributed by atoms with van der Waals surface area (Å²) in [5.74, 6) is 0.00660. The highest BCUT2D eigenvalue weighted by atomic mass is 16.5. The minimum atomic E-state index is -0.555. The van der Waals surface area contributed by atoms with Gasteiger partial charge in [0.25, 0.3) is 5.91 Å². The third-order valence-electron chi connectivity index (χ3n) is 3.58. The summed E-state index contributed by atoms with van der Waals surface area (Å²) in [6.07, 6.45) is 0.551. The Bertz CT molecular complexity index is 630. The standard InChI is InChI=1S/C17H23N3O4/c1-4-24-14-8-6-5-7-12(14)18-15(21)10-20-16(22)13(9-11(2)3)19-17(20)23/h5-8,11,13H,4,9-10H2,1-3H3,(H,18,21)(H,19,23)/t13-/m1/s1. The number of nitrogens with zero attached hydrogens (tertiary/aromatic N) is 1. The summed E-state index contributed by atoms with van der Waals surface area (Å²) in [7, 11) is 0. The Balaban J connectivity index is 2.00. The Morgan fingerprint density at radius 3 is 2.71 bits per heavy atom. The van der Waals surface area contributed by atoms with E-state index in [1.54, 1.807) is 24.3 Å². The molecule has 0 unspecified atom stereocenters. The number of benzene rings is 1. The topological polar surface area (TPSA) is 87.7 Å². The van der Waals surface area contributed by atoms with Crippen LogP contribution in [0.15, 0.2) is 24.3 Å². The van der Waals surface area contributed by atoms with Gasteiger partial charge in [0.15, 0.2) is 0 Å². The molecule has 0 aliphatic carbocycles. The number of hydrogen-bond acceptors (Lipinski definition) is 4. The second kappa shape index (κ2) is 7.81. The van der Waals surface area contributed by atoms with Crippen LogP contribution in [0, 0.1) is 5.92 Å². The molecular weight excluding hydrogens is 310 g/mol. The van der Waals surface area contributed by atoms with Gasteiger partial charge >= 0.3 is 6.03 Å². The summed E-state index contributed by atoms with van der Waals surface area (Å²) < 4.78 is 5.44. The quantitative estimate of drug-likeness (QED) is 0.747. The molecule has 1 aromatic carbocycles. The van der Waals surface area contributed by atoms with Gasteiger partial charge in [0.2, 0.25) is 5.91 Å². The zero-order chi connectivity index (χ0) is 17.7. The van der Waals surface area contributed by atoms with E-state index in [4.69, 9.17) is 4.74 Å². The van der Waals surface area contributed by atoms with Gasteiger partial charge in [-0.2, -0.15) is 0 Å². The van der Waals surface area contributed by atoms with Crippen LogP contribution in [0.2, 0.25) is 0 Å². The average Bonchev–Trinajstić information content (AvgIpc) is 2.76. The van der Waals surface area contributed by atoms with Crippen molar-refractivity contribution in [1.29, 1.82) is 0 Å². The third kappa shape index (κ3) is 4.24. The molecule has 130 valence electrons. The highest BCUT2D eigenvalue weighted by Crippen LogP contribution is 2.23. The van der Waals surface area contributed by atoms with E-state index in [2.05, 4.69) is 10.6 Å². The number of rotatable bonds is 7. The second-order valence-electron chi connectivity index (χ2n) is 6.03. The number of imide groups is 1. The van der Waals surface area contributed by atoms with Gasteiger partial charge in [-0.3, -0.25) is 14.5 Å². The first-order chi connectivity index (χ1) is 11.4. The van der Waals surface area contributed by atoms with E-state index < -0.39 is 18.0 Å². The molecule has 0 saturated carbocycles. The van der Waals surface area contributed by atoms with Crippen LogP contribution in [0.25, 0.3) is 0 Å². The van der Waals surface area contributed by atoms with Crippen molar-refractivity contribution in [2.45, 2.75) is 33.2 Å². The summed E-state index contributed by atoms with van der Waals surface area (Å²) in [6.45, 7) is 5.94. The molecule has 7 nitrogen and oxygen atoms in total. The van der Waals surface area contributed by atoms with Crippen LogP contribution >= 0.6 is 0 Å². The van der Waals surface area contributed by atoms with E-state index >= 15 is 0 Å². The summed E-state index contributed by atoms with van der Waals surface area (Å²) in [5, 5.41) is 5.30. The summed E-state index contributed by atoms with van der Waals surface area (Å²) >= 11 is 0. The number of para-hydroxylation sites is 2. The first kappa shape index (κ1) is 17.8. The van der Waals surface area contributed by atoms with E-state index in [9.17, 15) is 14.4 Å². The fraction of sp³-hybridized carbons (Fsp3) is 0.471. The van der Waals surface area contributed by atoms with Crippen molar-refractivity contribution in [1.82, 2.24) is 10.2 Å². The first-order valence-corrected chi connectivity index (χ1v) is 8.06. The van der Waals surface area contributed by atoms with Crippen molar-refractivity contribution >= 4 is 23.5 Å². The maximum atomic E-state index is 12.2. The van der Waals surface area contributed by atoms with Gasteiger partial charge in [-0.1, -0.05) is 26.0 Å². The molecule has 0 bridgehead atoms. The van der Waals surface area contributed by atoms with Crippen LogP contribution in [-0.4, -0.2) is 41.9 Å². The molecular formula is C17H23N3O4. The molecule has 2 rings (SSSR count). The SMILES string of the molecule is CCOc1ccccc1NC(=O)CN1C(=O)N[C@H](CC(C)C)C1=O. The van der Waals surface area contributed by atoms with Crippen molar-refractivity contribution in [3.8, 4) is 5.75 Å². The van der Waals surface area contributed by atoms with E-state index in [1.165, 1.54) is 0 Å². The Morgan fingerprint density at radius 1 is 1.33 bits per heavy atom. The minimum Gasteiger partial charge on any atom is -0.492 e. The molecule has 4 amide bonds. The maximum Gasteiger partial charge on any atom is 0.325 e. The predicted octanol–water partition coefficient (Wildman–Crippen LogP) is 1.99. The molecule has 2 N–H and O–H groups in total. The number of amides is 4. The number of anilines is 1. The highest BCUT2D eigenvalue weighted by Gasteiger charge is 2.39. The molecule has 1 fully saturated rings. The molecule has 1 atom stereocenters. The van der Waals surface area contributed by atoms with Gasteiger partial charge in [-0.05, 0) is 31.4 Å². The van der Waals surface area contributed by atoms with Gasteiger partial charge in [0.1, 0.15) is 18.3 Å². The lowest BCUT2D eigenvalue weighted by molar-refractivity contribution is -0.131. The van der Waals surface area contributed by atoms with Crippen LogP contribution < -0.4 is 15.4 Å². The molecule has 7 heteroatoms. The number of hydrogen-bond donors (Lipinski definition) is 2. The van der Waals surface area contributed by atoms with Crippen molar-refractivity contribution in [2.24, 2.45) is 5.92 Å². The van der Waals surface area contributed by atoms with Gasteiger partial charge in [-0.15, -0.1) is 0 Å². The Hall–Kier alpha value is -2.57. The molecule has 1 saturated heterocycles. The van der Waals surface area contributed by atoms with Crippen LogP contribution in [-0.2, 0) is 9.59 Å². The zero-order valence-electron chi connectivity index (χ0n) is 14.2. The molecule has 24 heavy (non-hydrogen) atoms. The van der Waals surface area contributed by atoms with Gasteiger partial charge in [0.05, 0.1) is 12.3 Å². The maximum absolute atomic E-state index is 12.2. The van der Waals surface area contributed by atoms with Gasteiger partial charge in [-0.25, -0.2) is 4.79 Å². The fourth-order valence-electron chi connectivity index (χ4n) is 2.54. The van der Waals surface area contributed by atoms with Crippen LogP contribution in [0.1, 0.15) is 27.2 Å². The fourth-order valence-corrected chi connectivity index (χ4v) is 2.54. The Morgan fingerprint density at radius 2 is 2.04 bits per heavy atom. The number of ether oxygens (including phenoxy) is 1. The van der Waals surface area contributed by atoms with Crippen LogP contribution in [0.3, 0.4) is 0 Å². The highest BCUT2D eigenvalue weighted by molar-refractivity contribution is 6.08. The smallest absolute Gasteiger partial charge is 0.325 e. The van der Waals surface area contributed by atoms with Gasteiger partial charge in [0, 0.05) is 0 Å². The molecule has 0 spiro atoms. The van der Waals surface area contributed by atoms with Crippen molar-refractivity contribution in [3.63, 3.8) is 0 Å². The van der Waals surface area contributed by atoms with Crippen LogP contribution in [0.5, 0.6) is 5.75 Å². The average molecular weight is 333 g/mol. The molecule has 1 aromatic rings. The summed E-state index contributed by atoms with van der Waals surface area (Å²) in [6, 6.07) is 5.93. The van der Waals surface area contributed by atoms with E-state index in [0.717, 1.165) is 4.90 Å². The minimum absolute atomic E-state index is 0.270. The largest absolute Gasteiger partial charge is 0.492 e. The van der Waals surface area contributed by atoms with Crippen LogP contribution in [0.4, 0.5) is 10.5 Å². The molecule has 1 heterocycles. The lowest BCUT2D eigenvalue weighted by atomic mass is 10.0. The zero-order valence-corrected chi connectivity index (χ0v) is 14.2. The normalized spacial score (nSPS) is 17.2. The van der Waals surface area contributed by atoms with E-state index in [0.29, 0.717) is 24.5 Å². The molecule has 1 aliphatic rings. The molecule has 0 radical (unpaired) electrons. The lowest BCUT2D eigenvalue weighted by Crippen LogP contribution is -2.38. The monoisotopic (exact) mass is 333 g/mol. The van der Waals surface area contributed by atoms with Crippen molar-refractivity contribution < 1.29 is 19.1 Å². The first-order valence-electron chi connectivity index (χ1n) is 8.06. The third-order valence-corrected chi connectivity index (χ3v) is 3.58. The summed E-state index contributed by atoms with van der Waals surface area (Å²) in [4.78, 5) is 37.3. The van der Waals surface area contributed by atoms with Crippen molar-refractivity contribution in [3.05, 3.63) is 24.3 Å². The van der Waals surface area contributed by atoms with Crippen molar-refractivity contribution in [2.75, 3.05) is 18.5 Å². The molecule has 0 aromatic heterocycles. The predicted molar refractivity (Wildman–Crippen MR) is 89.7 cm³/mol. The number of urea groups is 1. The van der Waals surface area contributed by atoms with E-state index in [1.807, 2.05) is 20.8 Å². The van der Waals surface area contributed by atoms with Gasteiger partial charge < -0.3 is 15.4 Å². The molecule has 1 aliphatic heterocycles. The number of carbonyl (C=O) groups excluding carboxylic acids is 3. The summed E-state index contributed by atoms with van der Waals surface area (Å²) in [5.41, 5.74) is 0.509. The van der Waals surface area contributed by atoms with E-state index in [-0.39, 0.29) is 18.4 Å².